The van der Waals surface area contributed by atoms with Gasteiger partial charge >= 0.3 is 0 Å². The lowest BCUT2D eigenvalue weighted by atomic mass is 9.99. The Morgan fingerprint density at radius 3 is 2.71 bits per heavy atom. The van der Waals surface area contributed by atoms with E-state index in [9.17, 15) is 0 Å². The number of likely N-dealkylation sites (tertiary alicyclic amines) is 1. The molecule has 0 saturated carbocycles. The smallest absolute Gasteiger partial charge is 0.0571 e. The lowest BCUT2D eigenvalue weighted by Crippen LogP contribution is -2.23. The van der Waals surface area contributed by atoms with Crippen LogP contribution in [0.25, 0.3) is 11.1 Å². The summed E-state index contributed by atoms with van der Waals surface area (Å²) in [7, 11) is 2.03. The average molecular weight is 283 g/mol. The summed E-state index contributed by atoms with van der Waals surface area (Å²) in [5.41, 5.74) is 5.29. The standard InChI is InChI=1S/C18H25N3/c1-4-18-17(13-19-20(18)3)16-9-7-8-15(12-16)14(2)21-10-5-6-11-21/h7-9,12-14H,4-6,10-11H2,1-3H3/t14-/m0/s1. The second kappa shape index (κ2) is 6.02. The fourth-order valence-corrected chi connectivity index (χ4v) is 3.43. The zero-order valence-electron chi connectivity index (χ0n) is 13.3. The van der Waals surface area contributed by atoms with Crippen LogP contribution in [0.15, 0.2) is 30.5 Å². The maximum Gasteiger partial charge on any atom is 0.0571 e. The van der Waals surface area contributed by atoms with Crippen LogP contribution in [0.5, 0.6) is 0 Å². The molecule has 2 aromatic rings. The van der Waals surface area contributed by atoms with Crippen molar-refractivity contribution in [3.63, 3.8) is 0 Å². The average Bonchev–Trinajstić information content (AvgIpc) is 3.16. The summed E-state index contributed by atoms with van der Waals surface area (Å²) in [6.45, 7) is 6.99. The van der Waals surface area contributed by atoms with Crippen LogP contribution < -0.4 is 0 Å². The van der Waals surface area contributed by atoms with E-state index in [0.717, 1.165) is 6.42 Å². The topological polar surface area (TPSA) is 21.1 Å². The maximum atomic E-state index is 4.42. The Morgan fingerprint density at radius 2 is 2.00 bits per heavy atom. The Kier molecular flexibility index (Phi) is 4.11. The van der Waals surface area contributed by atoms with E-state index >= 15 is 0 Å². The number of nitrogens with zero attached hydrogens (tertiary/aromatic N) is 3. The SMILES string of the molecule is CCc1c(-c2cccc([C@H](C)N3CCCC3)c2)cnn1C. The zero-order valence-corrected chi connectivity index (χ0v) is 13.3. The van der Waals surface area contributed by atoms with E-state index in [1.807, 2.05) is 17.9 Å². The van der Waals surface area contributed by atoms with Crippen LogP contribution in [0.2, 0.25) is 0 Å². The molecule has 3 rings (SSSR count). The first-order valence-corrected chi connectivity index (χ1v) is 8.06. The first-order valence-electron chi connectivity index (χ1n) is 8.06. The minimum absolute atomic E-state index is 0.509. The lowest BCUT2D eigenvalue weighted by molar-refractivity contribution is 0.263. The van der Waals surface area contributed by atoms with Gasteiger partial charge in [-0.3, -0.25) is 9.58 Å². The first kappa shape index (κ1) is 14.3. The highest BCUT2D eigenvalue weighted by molar-refractivity contribution is 5.66. The van der Waals surface area contributed by atoms with Gasteiger partial charge < -0.3 is 0 Å². The van der Waals surface area contributed by atoms with Crippen molar-refractivity contribution in [2.45, 2.75) is 39.2 Å². The molecule has 0 radical (unpaired) electrons. The Morgan fingerprint density at radius 1 is 1.24 bits per heavy atom. The normalized spacial score (nSPS) is 17.3. The van der Waals surface area contributed by atoms with Crippen LogP contribution >= 0.6 is 0 Å². The predicted octanol–water partition coefficient (Wildman–Crippen LogP) is 3.81. The molecule has 1 aromatic carbocycles. The molecule has 0 N–H and O–H groups in total. The molecule has 0 spiro atoms. The molecule has 1 aliphatic heterocycles. The summed E-state index contributed by atoms with van der Waals surface area (Å²) < 4.78 is 1.99. The fraction of sp³-hybridized carbons (Fsp3) is 0.500. The van der Waals surface area contributed by atoms with E-state index < -0.39 is 0 Å². The van der Waals surface area contributed by atoms with Gasteiger partial charge in [0.25, 0.3) is 0 Å². The van der Waals surface area contributed by atoms with Gasteiger partial charge in [0.05, 0.1) is 6.20 Å². The van der Waals surface area contributed by atoms with Crippen molar-refractivity contribution < 1.29 is 0 Å². The summed E-state index contributed by atoms with van der Waals surface area (Å²) >= 11 is 0. The Hall–Kier alpha value is -1.61. The molecule has 0 bridgehead atoms. The van der Waals surface area contributed by atoms with Crippen LogP contribution in [0.3, 0.4) is 0 Å². The molecule has 0 aliphatic carbocycles. The van der Waals surface area contributed by atoms with E-state index in [2.05, 4.69) is 48.1 Å². The van der Waals surface area contributed by atoms with Gasteiger partial charge in [0.15, 0.2) is 0 Å². The third kappa shape index (κ3) is 2.75. The Labute approximate surface area is 127 Å². The van der Waals surface area contributed by atoms with Gasteiger partial charge in [-0.15, -0.1) is 0 Å². The third-order valence-corrected chi connectivity index (χ3v) is 4.76. The molecule has 0 unspecified atom stereocenters. The van der Waals surface area contributed by atoms with Crippen molar-refractivity contribution in [1.29, 1.82) is 0 Å². The highest BCUT2D eigenvalue weighted by Crippen LogP contribution is 2.29. The summed E-state index contributed by atoms with van der Waals surface area (Å²) in [4.78, 5) is 2.59. The van der Waals surface area contributed by atoms with E-state index in [1.54, 1.807) is 0 Å². The summed E-state index contributed by atoms with van der Waals surface area (Å²) in [5, 5.41) is 4.42. The van der Waals surface area contributed by atoms with Crippen LogP contribution in [-0.2, 0) is 13.5 Å². The van der Waals surface area contributed by atoms with Crippen molar-refractivity contribution in [2.75, 3.05) is 13.1 Å². The molecule has 1 aliphatic rings. The molecule has 1 saturated heterocycles. The molecule has 21 heavy (non-hydrogen) atoms. The molecule has 3 nitrogen and oxygen atoms in total. The van der Waals surface area contributed by atoms with Gasteiger partial charge in [-0.2, -0.15) is 5.10 Å². The van der Waals surface area contributed by atoms with Gasteiger partial charge in [-0.05, 0) is 56.5 Å². The molecule has 1 atom stereocenters. The van der Waals surface area contributed by atoms with Gasteiger partial charge in [-0.1, -0.05) is 25.1 Å². The maximum absolute atomic E-state index is 4.42. The minimum atomic E-state index is 0.509. The highest BCUT2D eigenvalue weighted by atomic mass is 15.3. The van der Waals surface area contributed by atoms with E-state index in [-0.39, 0.29) is 0 Å². The molecule has 0 amide bonds. The predicted molar refractivity (Wildman–Crippen MR) is 87.2 cm³/mol. The molecule has 112 valence electrons. The number of aromatic nitrogens is 2. The first-order chi connectivity index (χ1) is 10.2. The molecule has 1 fully saturated rings. The monoisotopic (exact) mass is 283 g/mol. The molecular formula is C18H25N3. The van der Waals surface area contributed by atoms with Crippen molar-refractivity contribution in [3.8, 4) is 11.1 Å². The number of hydrogen-bond acceptors (Lipinski definition) is 2. The molecule has 2 heterocycles. The van der Waals surface area contributed by atoms with Crippen LogP contribution in [0.1, 0.15) is 44.0 Å². The molecular weight excluding hydrogens is 258 g/mol. The largest absolute Gasteiger partial charge is 0.297 e. The zero-order chi connectivity index (χ0) is 14.8. The van der Waals surface area contributed by atoms with Gasteiger partial charge in [-0.25, -0.2) is 0 Å². The molecule has 1 aromatic heterocycles. The van der Waals surface area contributed by atoms with Crippen molar-refractivity contribution in [1.82, 2.24) is 14.7 Å². The van der Waals surface area contributed by atoms with E-state index in [4.69, 9.17) is 0 Å². The second-order valence-electron chi connectivity index (χ2n) is 6.03. The number of hydrogen-bond donors (Lipinski definition) is 0. The van der Waals surface area contributed by atoms with Crippen molar-refractivity contribution in [3.05, 3.63) is 41.7 Å². The fourth-order valence-electron chi connectivity index (χ4n) is 3.43. The number of rotatable bonds is 4. The second-order valence-corrected chi connectivity index (χ2v) is 6.03. The summed E-state index contributed by atoms with van der Waals surface area (Å²) in [5.74, 6) is 0. The van der Waals surface area contributed by atoms with E-state index in [0.29, 0.717) is 6.04 Å². The van der Waals surface area contributed by atoms with E-state index in [1.165, 1.54) is 48.3 Å². The summed E-state index contributed by atoms with van der Waals surface area (Å²) in [6, 6.07) is 9.50. The Balaban J connectivity index is 1.92. The lowest BCUT2D eigenvalue weighted by Gasteiger charge is -2.24. The Bertz CT molecular complexity index is 609. The van der Waals surface area contributed by atoms with Crippen molar-refractivity contribution in [2.24, 2.45) is 7.05 Å². The highest BCUT2D eigenvalue weighted by Gasteiger charge is 2.20. The number of aryl methyl sites for hydroxylation is 1. The summed E-state index contributed by atoms with van der Waals surface area (Å²) in [6.07, 6.45) is 5.69. The van der Waals surface area contributed by atoms with Gasteiger partial charge in [0.1, 0.15) is 0 Å². The van der Waals surface area contributed by atoms with Gasteiger partial charge in [0.2, 0.25) is 0 Å². The molecule has 3 heteroatoms. The number of benzene rings is 1. The van der Waals surface area contributed by atoms with Gasteiger partial charge in [0, 0.05) is 24.3 Å². The van der Waals surface area contributed by atoms with Crippen LogP contribution in [0, 0.1) is 0 Å². The quantitative estimate of drug-likeness (QED) is 0.851. The van der Waals surface area contributed by atoms with Crippen LogP contribution in [-0.4, -0.2) is 27.8 Å². The van der Waals surface area contributed by atoms with Crippen LogP contribution in [0.4, 0.5) is 0 Å². The van der Waals surface area contributed by atoms with Crippen molar-refractivity contribution >= 4 is 0 Å². The third-order valence-electron chi connectivity index (χ3n) is 4.76. The minimum Gasteiger partial charge on any atom is -0.297 e.